The molecule has 4 aliphatic carbocycles. The fourth-order valence-electron chi connectivity index (χ4n) is 13.2. The number of ether oxygens (including phenoxy) is 1. The van der Waals surface area contributed by atoms with E-state index >= 15 is 0 Å². The van der Waals surface area contributed by atoms with E-state index in [0.29, 0.717) is 53.9 Å². The van der Waals surface area contributed by atoms with Crippen LogP contribution in [0.25, 0.3) is 0 Å². The second-order valence-electron chi connectivity index (χ2n) is 19.1. The fourth-order valence-corrected chi connectivity index (χ4v) is 13.2. The molecule has 3 aliphatic heterocycles. The Kier molecular flexibility index (Phi) is 11.1. The van der Waals surface area contributed by atoms with E-state index in [-0.39, 0.29) is 23.3 Å². The molecule has 0 bridgehead atoms. The summed E-state index contributed by atoms with van der Waals surface area (Å²) in [5, 5.41) is 15.2. The summed E-state index contributed by atoms with van der Waals surface area (Å²) in [7, 11) is 0. The Balaban J connectivity index is 0.859. The Morgan fingerprint density at radius 3 is 2.32 bits per heavy atom. The highest BCUT2D eigenvalue weighted by atomic mass is 16.6. The third-order valence-corrected chi connectivity index (χ3v) is 16.6. The molecule has 8 heteroatoms. The molecule has 0 aromatic heterocycles. The molecule has 7 fully saturated rings. The zero-order valence-electron chi connectivity index (χ0n) is 32.5. The second kappa shape index (κ2) is 14.9. The number of carbonyl (C=O) groups excluding carboxylic acids is 2. The third-order valence-electron chi connectivity index (χ3n) is 16.6. The lowest BCUT2D eigenvalue weighted by molar-refractivity contribution is -0.221. The minimum Gasteiger partial charge on any atom is -0.365 e. The average Bonchev–Trinajstić information content (AvgIpc) is 3.80. The molecule has 4 saturated carbocycles. The van der Waals surface area contributed by atoms with Crippen LogP contribution in [0, 0.1) is 52.3 Å². The first-order chi connectivity index (χ1) is 23.9. The van der Waals surface area contributed by atoms with Crippen molar-refractivity contribution in [2.45, 2.75) is 149 Å². The Labute approximate surface area is 304 Å². The first-order valence-electron chi connectivity index (χ1n) is 21.4. The Hall–Kier alpha value is -1.22. The van der Waals surface area contributed by atoms with Crippen LogP contribution in [-0.2, 0) is 14.3 Å². The number of amides is 2. The van der Waals surface area contributed by atoms with Crippen LogP contribution < -0.4 is 5.32 Å². The zero-order chi connectivity index (χ0) is 35.3. The van der Waals surface area contributed by atoms with E-state index in [4.69, 9.17) is 4.74 Å². The molecule has 0 aromatic rings. The molecule has 0 spiro atoms. The predicted octanol–water partition coefficient (Wildman–Crippen LogP) is 6.31. The van der Waals surface area contributed by atoms with Gasteiger partial charge < -0.3 is 25.0 Å². The number of aliphatic hydroxyl groups is 1. The molecule has 8 nitrogen and oxygen atoms in total. The molecule has 50 heavy (non-hydrogen) atoms. The quantitative estimate of drug-likeness (QED) is 0.264. The lowest BCUT2D eigenvalue weighted by atomic mass is 9.44. The molecule has 2 N–H and O–H groups in total. The molecular formula is C42H72N4O4. The maximum atomic E-state index is 13.2. The van der Waals surface area contributed by atoms with Crippen LogP contribution in [0.15, 0.2) is 0 Å². The molecule has 0 aromatic carbocycles. The highest BCUT2D eigenvalue weighted by Crippen LogP contribution is 2.70. The number of hydrogen-bond acceptors (Lipinski definition) is 6. The number of rotatable bonds is 11. The number of piperazine rings is 1. The van der Waals surface area contributed by atoms with Gasteiger partial charge in [0.1, 0.15) is 0 Å². The van der Waals surface area contributed by atoms with Gasteiger partial charge in [-0.1, -0.05) is 41.0 Å². The van der Waals surface area contributed by atoms with Crippen LogP contribution in [0.5, 0.6) is 0 Å². The molecule has 2 amide bonds. The summed E-state index contributed by atoms with van der Waals surface area (Å²) in [6.45, 7) is 19.4. The zero-order valence-corrected chi connectivity index (χ0v) is 32.5. The van der Waals surface area contributed by atoms with Gasteiger partial charge in [-0.2, -0.15) is 0 Å². The average molecular weight is 697 g/mol. The number of carbonyl (C=O) groups is 2. The first kappa shape index (κ1) is 37.1. The van der Waals surface area contributed by atoms with Crippen molar-refractivity contribution in [2.24, 2.45) is 52.3 Å². The highest BCUT2D eigenvalue weighted by Gasteiger charge is 2.68. The number of nitrogens with zero attached hydrogens (tertiary/aromatic N) is 3. The Bertz CT molecular complexity index is 1200. The molecule has 0 radical (unpaired) electrons. The topological polar surface area (TPSA) is 85.4 Å². The standard InChI is InChI=1S/C42H72N4O4/c1-6-29(2)11-18-42(49)30(3)39-36(50-42)28-35-33-10-9-31-27-32(12-16-40(31,4)34(33)13-17-41(35,39)5)43-37(47)14-21-45-23-25-46(26-24-45)38(48)15-22-44-19-7-8-20-44/h29-36,39,49H,6-28H2,1-5H3,(H,43,47)/t29?,30-,31+,32-,33+,34-,35-,36-,39-,40-,41-,42?/m0/s1. The monoisotopic (exact) mass is 697 g/mol. The minimum atomic E-state index is -0.946. The fraction of sp³-hybridized carbons (Fsp3) is 0.952. The molecule has 7 rings (SSSR count). The predicted molar refractivity (Wildman–Crippen MR) is 198 cm³/mol. The van der Waals surface area contributed by atoms with Crippen molar-refractivity contribution in [3.05, 3.63) is 0 Å². The van der Waals surface area contributed by atoms with E-state index in [1.54, 1.807) is 0 Å². The van der Waals surface area contributed by atoms with Gasteiger partial charge in [-0.15, -0.1) is 0 Å². The van der Waals surface area contributed by atoms with Crippen LogP contribution in [-0.4, -0.2) is 102 Å². The maximum Gasteiger partial charge on any atom is 0.223 e. The summed E-state index contributed by atoms with van der Waals surface area (Å²) in [6, 6.07) is 0.309. The lowest BCUT2D eigenvalue weighted by Gasteiger charge is -2.61. The van der Waals surface area contributed by atoms with E-state index in [9.17, 15) is 14.7 Å². The first-order valence-corrected chi connectivity index (χ1v) is 21.4. The summed E-state index contributed by atoms with van der Waals surface area (Å²) in [5.74, 6) is 3.83. The SMILES string of the molecule is CCC(C)CCC1(O)O[C@H]2C[C@H]3[C@@H]4CC[C@@H]5C[C@@H](NC(=O)CCN6CCN(C(=O)CCN7CCCC7)CC6)CC[C@]5(C)[C@H]4CC[C@]3(C)[C@H]2[C@@H]1C. The van der Waals surface area contributed by atoms with Crippen LogP contribution in [0.2, 0.25) is 0 Å². The van der Waals surface area contributed by atoms with E-state index in [0.717, 1.165) is 103 Å². The number of hydrogen-bond donors (Lipinski definition) is 2. The van der Waals surface area contributed by atoms with Gasteiger partial charge >= 0.3 is 0 Å². The summed E-state index contributed by atoms with van der Waals surface area (Å²) in [6.07, 6.45) is 16.8. The third kappa shape index (κ3) is 7.07. The van der Waals surface area contributed by atoms with Crippen LogP contribution in [0.3, 0.4) is 0 Å². The van der Waals surface area contributed by atoms with Crippen molar-refractivity contribution in [3.63, 3.8) is 0 Å². The van der Waals surface area contributed by atoms with Gasteiger partial charge in [-0.3, -0.25) is 14.5 Å². The summed E-state index contributed by atoms with van der Waals surface area (Å²) in [4.78, 5) is 32.7. The lowest BCUT2D eigenvalue weighted by Crippen LogP contribution is -2.56. The Morgan fingerprint density at radius 2 is 1.58 bits per heavy atom. The normalized spacial score (nSPS) is 43.9. The van der Waals surface area contributed by atoms with Crippen molar-refractivity contribution in [1.82, 2.24) is 20.0 Å². The van der Waals surface area contributed by atoms with Crippen molar-refractivity contribution >= 4 is 11.8 Å². The minimum absolute atomic E-state index is 0.206. The van der Waals surface area contributed by atoms with E-state index in [1.807, 2.05) is 4.90 Å². The number of fused-ring (bicyclic) bond motifs is 7. The van der Waals surface area contributed by atoms with Gasteiger partial charge in [0.25, 0.3) is 0 Å². The number of likely N-dealkylation sites (tertiary alicyclic amines) is 1. The van der Waals surface area contributed by atoms with Gasteiger partial charge in [0, 0.05) is 70.5 Å². The Morgan fingerprint density at radius 1 is 0.880 bits per heavy atom. The van der Waals surface area contributed by atoms with Gasteiger partial charge in [0.15, 0.2) is 5.79 Å². The van der Waals surface area contributed by atoms with Crippen LogP contribution in [0.4, 0.5) is 0 Å². The largest absolute Gasteiger partial charge is 0.365 e. The second-order valence-corrected chi connectivity index (χ2v) is 19.1. The molecular weight excluding hydrogens is 624 g/mol. The maximum absolute atomic E-state index is 13.2. The van der Waals surface area contributed by atoms with Gasteiger partial charge in [0.2, 0.25) is 11.8 Å². The van der Waals surface area contributed by atoms with Crippen molar-refractivity contribution in [3.8, 4) is 0 Å². The van der Waals surface area contributed by atoms with E-state index in [1.165, 1.54) is 44.9 Å². The smallest absolute Gasteiger partial charge is 0.223 e. The van der Waals surface area contributed by atoms with E-state index < -0.39 is 5.79 Å². The summed E-state index contributed by atoms with van der Waals surface area (Å²) in [5.41, 5.74) is 0.647. The van der Waals surface area contributed by atoms with Crippen molar-refractivity contribution in [1.29, 1.82) is 0 Å². The van der Waals surface area contributed by atoms with Crippen molar-refractivity contribution < 1.29 is 19.4 Å². The van der Waals surface area contributed by atoms with Crippen LogP contribution >= 0.6 is 0 Å². The number of nitrogens with one attached hydrogen (secondary N) is 1. The molecule has 3 saturated heterocycles. The molecule has 284 valence electrons. The highest BCUT2D eigenvalue weighted by molar-refractivity contribution is 5.77. The van der Waals surface area contributed by atoms with Crippen LogP contribution in [0.1, 0.15) is 131 Å². The van der Waals surface area contributed by atoms with Gasteiger partial charge in [0.05, 0.1) is 6.10 Å². The van der Waals surface area contributed by atoms with Gasteiger partial charge in [-0.05, 0) is 130 Å². The van der Waals surface area contributed by atoms with E-state index in [2.05, 4.69) is 49.7 Å². The molecule has 7 aliphatic rings. The molecule has 3 heterocycles. The molecule has 2 unspecified atom stereocenters. The van der Waals surface area contributed by atoms with Crippen molar-refractivity contribution in [2.75, 3.05) is 52.4 Å². The summed E-state index contributed by atoms with van der Waals surface area (Å²) >= 11 is 0. The van der Waals surface area contributed by atoms with Gasteiger partial charge in [-0.25, -0.2) is 0 Å². The molecule has 12 atom stereocenters. The summed E-state index contributed by atoms with van der Waals surface area (Å²) < 4.78 is 6.69.